The van der Waals surface area contributed by atoms with Gasteiger partial charge in [0.05, 0.1) is 4.88 Å². The van der Waals surface area contributed by atoms with E-state index in [2.05, 4.69) is 27.0 Å². The van der Waals surface area contributed by atoms with Crippen molar-refractivity contribution in [2.75, 3.05) is 19.6 Å². The maximum absolute atomic E-state index is 12.4. The van der Waals surface area contributed by atoms with Gasteiger partial charge in [-0.2, -0.15) is 0 Å². The van der Waals surface area contributed by atoms with Crippen LogP contribution in [-0.4, -0.2) is 52.5 Å². The van der Waals surface area contributed by atoms with Crippen molar-refractivity contribution in [3.05, 3.63) is 28.9 Å². The Kier molecular flexibility index (Phi) is 3.71. The number of carboxylic acids is 1. The standard InChI is InChI=1S/C17H15N3O3S/c21-16(22)2-1-12-5-11-7-18-13(6-15(11)24-12)17(23)19-14-9-20-4-3-10(14)8-20/h5-7,10,14H,3-4,8-9H2,(H,19,23)(H,21,22). The van der Waals surface area contributed by atoms with E-state index in [-0.39, 0.29) is 11.9 Å². The zero-order valence-electron chi connectivity index (χ0n) is 12.8. The number of fused-ring (bicyclic) bond motifs is 3. The molecule has 0 saturated carbocycles. The van der Waals surface area contributed by atoms with Crippen LogP contribution in [0.5, 0.6) is 0 Å². The van der Waals surface area contributed by atoms with E-state index < -0.39 is 5.97 Å². The molecule has 3 unspecified atom stereocenters. The molecule has 2 bridgehead atoms. The van der Waals surface area contributed by atoms with Crippen LogP contribution in [0, 0.1) is 17.8 Å². The molecule has 4 heterocycles. The Morgan fingerprint density at radius 2 is 2.25 bits per heavy atom. The molecule has 2 aliphatic heterocycles. The maximum atomic E-state index is 12.4. The van der Waals surface area contributed by atoms with Crippen molar-refractivity contribution in [1.29, 1.82) is 0 Å². The Morgan fingerprint density at radius 3 is 2.96 bits per heavy atom. The van der Waals surface area contributed by atoms with Crippen LogP contribution in [0.1, 0.15) is 21.8 Å². The van der Waals surface area contributed by atoms with Crippen LogP contribution in [0.15, 0.2) is 18.3 Å². The van der Waals surface area contributed by atoms with Crippen LogP contribution in [0.2, 0.25) is 0 Å². The molecular weight excluding hydrogens is 326 g/mol. The molecule has 0 radical (unpaired) electrons. The topological polar surface area (TPSA) is 82.5 Å². The minimum absolute atomic E-state index is 0.151. The van der Waals surface area contributed by atoms with Crippen LogP contribution < -0.4 is 5.32 Å². The Balaban J connectivity index is 1.53. The highest BCUT2D eigenvalue weighted by molar-refractivity contribution is 7.19. The van der Waals surface area contributed by atoms with Crippen LogP contribution in [0.4, 0.5) is 0 Å². The van der Waals surface area contributed by atoms with Gasteiger partial charge in [0, 0.05) is 41.3 Å². The van der Waals surface area contributed by atoms with E-state index in [1.165, 1.54) is 11.3 Å². The van der Waals surface area contributed by atoms with E-state index in [1.54, 1.807) is 18.3 Å². The van der Waals surface area contributed by atoms with Crippen molar-refractivity contribution >= 4 is 33.3 Å². The molecule has 0 spiro atoms. The fourth-order valence-electron chi connectivity index (χ4n) is 3.42. The summed E-state index contributed by atoms with van der Waals surface area (Å²) >= 11 is 1.36. The van der Waals surface area contributed by atoms with Crippen LogP contribution in [-0.2, 0) is 4.79 Å². The number of amides is 1. The van der Waals surface area contributed by atoms with Gasteiger partial charge in [0.15, 0.2) is 0 Å². The van der Waals surface area contributed by atoms with Gasteiger partial charge in [-0.15, -0.1) is 11.3 Å². The Hall–Kier alpha value is -2.43. The van der Waals surface area contributed by atoms with Gasteiger partial charge in [-0.25, -0.2) is 4.79 Å². The SMILES string of the molecule is O=C(O)C#Cc1cc2cnc(C(=O)NC3CN4CCC3C4)cc2s1. The zero-order valence-corrected chi connectivity index (χ0v) is 13.6. The molecule has 3 atom stereocenters. The molecule has 0 aromatic carbocycles. The van der Waals surface area contributed by atoms with E-state index in [1.807, 2.05) is 0 Å². The van der Waals surface area contributed by atoms with E-state index >= 15 is 0 Å². The molecule has 4 rings (SSSR count). The maximum Gasteiger partial charge on any atom is 0.382 e. The number of carboxylic acid groups (broad SMARTS) is 1. The number of hydrogen-bond donors (Lipinski definition) is 2. The molecule has 2 aromatic heterocycles. The summed E-state index contributed by atoms with van der Waals surface area (Å²) in [5.41, 5.74) is 0.389. The van der Waals surface area contributed by atoms with Gasteiger partial charge >= 0.3 is 5.97 Å². The highest BCUT2D eigenvalue weighted by Crippen LogP contribution is 2.28. The first kappa shape index (κ1) is 15.1. The highest BCUT2D eigenvalue weighted by atomic mass is 32.1. The molecule has 6 nitrogen and oxygen atoms in total. The summed E-state index contributed by atoms with van der Waals surface area (Å²) in [4.78, 5) is 30.2. The number of carbonyl (C=O) groups excluding carboxylic acids is 1. The number of hydrogen-bond acceptors (Lipinski definition) is 5. The lowest BCUT2D eigenvalue weighted by molar-refractivity contribution is -0.130. The second kappa shape index (κ2) is 5.89. The summed E-state index contributed by atoms with van der Waals surface area (Å²) < 4.78 is 0.876. The quantitative estimate of drug-likeness (QED) is 0.801. The van der Waals surface area contributed by atoms with Crippen LogP contribution in [0.25, 0.3) is 10.1 Å². The Morgan fingerprint density at radius 1 is 1.38 bits per heavy atom. The third kappa shape index (κ3) is 2.86. The number of carbonyl (C=O) groups is 2. The average molecular weight is 341 g/mol. The molecule has 24 heavy (non-hydrogen) atoms. The average Bonchev–Trinajstić information content (AvgIpc) is 3.26. The monoisotopic (exact) mass is 341 g/mol. The first-order chi connectivity index (χ1) is 11.6. The van der Waals surface area contributed by atoms with Gasteiger partial charge in [0.1, 0.15) is 5.69 Å². The van der Waals surface area contributed by atoms with Crippen molar-refractivity contribution in [3.8, 4) is 11.8 Å². The van der Waals surface area contributed by atoms with E-state index in [4.69, 9.17) is 5.11 Å². The van der Waals surface area contributed by atoms with Gasteiger partial charge < -0.3 is 15.3 Å². The van der Waals surface area contributed by atoms with E-state index in [0.717, 1.165) is 36.1 Å². The Labute approximate surface area is 142 Å². The lowest BCUT2D eigenvalue weighted by Gasteiger charge is -2.22. The van der Waals surface area contributed by atoms with Gasteiger partial charge in [-0.3, -0.25) is 9.78 Å². The fraction of sp³-hybridized carbons (Fsp3) is 0.353. The Bertz CT molecular complexity index is 895. The number of thiophene rings is 1. The summed E-state index contributed by atoms with van der Waals surface area (Å²) in [6.07, 6.45) is 2.78. The normalized spacial score (nSPS) is 24.6. The molecule has 2 aliphatic rings. The summed E-state index contributed by atoms with van der Waals surface area (Å²) in [6, 6.07) is 3.74. The first-order valence-electron chi connectivity index (χ1n) is 7.76. The number of nitrogens with zero attached hydrogens (tertiary/aromatic N) is 2. The van der Waals surface area contributed by atoms with Gasteiger partial charge in [-0.1, -0.05) is 0 Å². The van der Waals surface area contributed by atoms with Gasteiger partial charge in [0.25, 0.3) is 5.91 Å². The largest absolute Gasteiger partial charge is 0.472 e. The second-order valence-electron chi connectivity index (χ2n) is 6.16. The van der Waals surface area contributed by atoms with E-state index in [9.17, 15) is 9.59 Å². The van der Waals surface area contributed by atoms with E-state index in [0.29, 0.717) is 16.5 Å². The summed E-state index contributed by atoms with van der Waals surface area (Å²) in [5.74, 6) is 3.93. The lowest BCUT2D eigenvalue weighted by Crippen LogP contribution is -2.43. The van der Waals surface area contributed by atoms with Crippen molar-refractivity contribution in [3.63, 3.8) is 0 Å². The summed E-state index contributed by atoms with van der Waals surface area (Å²) in [6.45, 7) is 3.14. The van der Waals surface area contributed by atoms with Gasteiger partial charge in [0.2, 0.25) is 0 Å². The second-order valence-corrected chi connectivity index (χ2v) is 7.25. The molecule has 2 fully saturated rings. The van der Waals surface area contributed by atoms with Crippen molar-refractivity contribution in [2.24, 2.45) is 5.92 Å². The summed E-state index contributed by atoms with van der Waals surface area (Å²) in [5, 5.41) is 12.6. The minimum Gasteiger partial charge on any atom is -0.472 e. The fourth-order valence-corrected chi connectivity index (χ4v) is 4.35. The number of pyridine rings is 1. The highest BCUT2D eigenvalue weighted by Gasteiger charge is 2.38. The van der Waals surface area contributed by atoms with Crippen LogP contribution in [0.3, 0.4) is 0 Å². The molecule has 0 aliphatic carbocycles. The number of piperidine rings is 1. The molecule has 2 N–H and O–H groups in total. The molecule has 1 amide bonds. The zero-order chi connectivity index (χ0) is 16.7. The smallest absolute Gasteiger partial charge is 0.382 e. The third-order valence-corrected chi connectivity index (χ3v) is 5.59. The third-order valence-electron chi connectivity index (χ3n) is 4.58. The molecule has 122 valence electrons. The lowest BCUT2D eigenvalue weighted by atomic mass is 10.00. The minimum atomic E-state index is -1.16. The number of aromatic nitrogens is 1. The summed E-state index contributed by atoms with van der Waals surface area (Å²) in [7, 11) is 0. The molecule has 7 heteroatoms. The predicted octanol–water partition coefficient (Wildman–Crippen LogP) is 1.17. The number of rotatable bonds is 2. The van der Waals surface area contributed by atoms with Crippen molar-refractivity contribution < 1.29 is 14.7 Å². The van der Waals surface area contributed by atoms with Crippen molar-refractivity contribution in [1.82, 2.24) is 15.2 Å². The molecule has 2 saturated heterocycles. The van der Waals surface area contributed by atoms with Crippen molar-refractivity contribution in [2.45, 2.75) is 12.5 Å². The predicted molar refractivity (Wildman–Crippen MR) is 89.9 cm³/mol. The first-order valence-corrected chi connectivity index (χ1v) is 8.58. The molecule has 2 aromatic rings. The van der Waals surface area contributed by atoms with Gasteiger partial charge in [-0.05, 0) is 36.9 Å². The molecular formula is C17H15N3O3S. The number of nitrogens with one attached hydrogen (secondary N) is 1. The number of aliphatic carboxylic acids is 1. The van der Waals surface area contributed by atoms with Crippen LogP contribution >= 0.6 is 11.3 Å².